The largest absolute Gasteiger partial charge is 0.383 e. The number of carbonyl (C=O) groups is 3. The summed E-state index contributed by atoms with van der Waals surface area (Å²) in [7, 11) is 0. The van der Waals surface area contributed by atoms with Crippen LogP contribution in [0, 0.1) is 5.92 Å². The lowest BCUT2D eigenvalue weighted by Crippen LogP contribution is -2.56. The van der Waals surface area contributed by atoms with Gasteiger partial charge in [-0.05, 0) is 54.7 Å². The Morgan fingerprint density at radius 3 is 2.58 bits per heavy atom. The maximum atomic E-state index is 13.9. The van der Waals surface area contributed by atoms with Crippen LogP contribution in [0.3, 0.4) is 0 Å². The van der Waals surface area contributed by atoms with Gasteiger partial charge >= 0.3 is 0 Å². The van der Waals surface area contributed by atoms with Gasteiger partial charge in [0.25, 0.3) is 0 Å². The number of likely N-dealkylation sites (tertiary alicyclic amines) is 1. The smallest absolute Gasteiger partial charge is 0.246 e. The number of amides is 3. The average Bonchev–Trinajstić information content (AvgIpc) is 3.30. The first kappa shape index (κ1) is 23.0. The minimum absolute atomic E-state index is 0.0737. The van der Waals surface area contributed by atoms with E-state index in [1.54, 1.807) is 16.0 Å². The zero-order chi connectivity index (χ0) is 23.5. The van der Waals surface area contributed by atoms with Crippen molar-refractivity contribution in [2.45, 2.75) is 70.5 Å². The predicted molar refractivity (Wildman–Crippen MR) is 127 cm³/mol. The number of rotatable bonds is 6. The van der Waals surface area contributed by atoms with Crippen LogP contribution in [0.15, 0.2) is 30.5 Å². The third kappa shape index (κ3) is 4.79. The van der Waals surface area contributed by atoms with Gasteiger partial charge in [0.2, 0.25) is 17.7 Å². The Morgan fingerprint density at radius 2 is 1.88 bits per heavy atom. The van der Waals surface area contributed by atoms with Gasteiger partial charge in [-0.25, -0.2) is 4.98 Å². The first-order valence-corrected chi connectivity index (χ1v) is 11.9. The van der Waals surface area contributed by atoms with E-state index in [9.17, 15) is 14.4 Å². The first-order valence-electron chi connectivity index (χ1n) is 11.9. The van der Waals surface area contributed by atoms with E-state index in [1.165, 1.54) is 6.92 Å². The summed E-state index contributed by atoms with van der Waals surface area (Å²) in [4.78, 5) is 46.2. The molecule has 1 aromatic heterocycles. The van der Waals surface area contributed by atoms with Crippen LogP contribution < -0.4 is 11.5 Å². The number of carbonyl (C=O) groups excluding carboxylic acids is 3. The quantitative estimate of drug-likeness (QED) is 0.699. The molecular formula is C25H33N5O3. The van der Waals surface area contributed by atoms with Crippen LogP contribution in [0.1, 0.15) is 57.4 Å². The first-order chi connectivity index (χ1) is 15.9. The van der Waals surface area contributed by atoms with Crippen LogP contribution in [0.2, 0.25) is 0 Å². The van der Waals surface area contributed by atoms with Crippen LogP contribution in [-0.4, -0.2) is 51.1 Å². The van der Waals surface area contributed by atoms with E-state index in [2.05, 4.69) is 4.98 Å². The van der Waals surface area contributed by atoms with E-state index in [-0.39, 0.29) is 17.7 Å². The molecule has 1 aromatic carbocycles. The van der Waals surface area contributed by atoms with Crippen molar-refractivity contribution in [2.24, 2.45) is 11.7 Å². The van der Waals surface area contributed by atoms with Gasteiger partial charge in [-0.2, -0.15) is 0 Å². The van der Waals surface area contributed by atoms with Gasteiger partial charge in [0.05, 0.1) is 0 Å². The average molecular weight is 452 g/mol. The molecule has 1 saturated carbocycles. The SMILES string of the molecule is CC(=O)N(Cc1ccc2c(N)nccc2c1)C(C(=O)N1CCC[C@H]1C(N)=O)C1CCCCC1. The normalized spacial score (nSPS) is 20.0. The molecule has 1 saturated heterocycles. The number of nitrogen functional groups attached to an aromatic ring is 1. The second-order valence-electron chi connectivity index (χ2n) is 9.33. The molecule has 1 aliphatic carbocycles. The lowest BCUT2D eigenvalue weighted by Gasteiger charge is -2.40. The second kappa shape index (κ2) is 9.77. The number of nitrogens with two attached hydrogens (primary N) is 2. The number of fused-ring (bicyclic) bond motifs is 1. The van der Waals surface area contributed by atoms with E-state index in [0.717, 1.165) is 54.9 Å². The summed E-state index contributed by atoms with van der Waals surface area (Å²) in [5.74, 6) is -0.233. The molecule has 2 heterocycles. The number of hydrogen-bond donors (Lipinski definition) is 2. The van der Waals surface area contributed by atoms with Gasteiger partial charge in [0.1, 0.15) is 17.9 Å². The Morgan fingerprint density at radius 1 is 1.12 bits per heavy atom. The van der Waals surface area contributed by atoms with Crippen molar-refractivity contribution in [2.75, 3.05) is 12.3 Å². The lowest BCUT2D eigenvalue weighted by atomic mass is 9.82. The molecule has 0 spiro atoms. The van der Waals surface area contributed by atoms with Gasteiger partial charge in [-0.1, -0.05) is 31.4 Å². The van der Waals surface area contributed by atoms with E-state index in [0.29, 0.717) is 25.3 Å². The summed E-state index contributed by atoms with van der Waals surface area (Å²) < 4.78 is 0. The summed E-state index contributed by atoms with van der Waals surface area (Å²) in [6.45, 7) is 2.33. The standard InChI is InChI=1S/C25H33N5O3/c1-16(31)30(15-17-9-10-20-19(14-17)11-12-28-23(20)26)22(18-6-3-2-4-7-18)25(33)29-13-5-8-21(29)24(27)32/h9-12,14,18,21-22H,2-8,13,15H2,1H3,(H2,26,28)(H2,27,32)/t21-,22?/m0/s1. The molecule has 2 aliphatic rings. The van der Waals surface area contributed by atoms with Gasteiger partial charge < -0.3 is 21.3 Å². The molecule has 4 rings (SSSR count). The third-order valence-electron chi connectivity index (χ3n) is 7.17. The van der Waals surface area contributed by atoms with Crippen molar-refractivity contribution < 1.29 is 14.4 Å². The molecule has 1 aliphatic heterocycles. The second-order valence-corrected chi connectivity index (χ2v) is 9.33. The maximum absolute atomic E-state index is 13.9. The van der Waals surface area contributed by atoms with E-state index in [4.69, 9.17) is 11.5 Å². The van der Waals surface area contributed by atoms with E-state index >= 15 is 0 Å². The fourth-order valence-electron chi connectivity index (χ4n) is 5.49. The van der Waals surface area contributed by atoms with Gasteiger partial charge in [-0.3, -0.25) is 14.4 Å². The predicted octanol–water partition coefficient (Wildman–Crippen LogP) is 2.59. The molecule has 2 aromatic rings. The minimum Gasteiger partial charge on any atom is -0.383 e. The Labute approximate surface area is 194 Å². The summed E-state index contributed by atoms with van der Waals surface area (Å²) in [5, 5.41) is 1.80. The van der Waals surface area contributed by atoms with E-state index in [1.807, 2.05) is 24.3 Å². The van der Waals surface area contributed by atoms with E-state index < -0.39 is 18.0 Å². The fraction of sp³-hybridized carbons (Fsp3) is 0.520. The number of hydrogen-bond acceptors (Lipinski definition) is 5. The maximum Gasteiger partial charge on any atom is 0.246 e. The molecule has 2 fully saturated rings. The molecule has 33 heavy (non-hydrogen) atoms. The number of aromatic nitrogens is 1. The van der Waals surface area contributed by atoms with Crippen molar-refractivity contribution in [1.82, 2.24) is 14.8 Å². The molecule has 176 valence electrons. The number of primary amides is 1. The Hall–Kier alpha value is -3.16. The topological polar surface area (TPSA) is 123 Å². The molecule has 8 heteroatoms. The zero-order valence-electron chi connectivity index (χ0n) is 19.2. The van der Waals surface area contributed by atoms with Crippen molar-refractivity contribution >= 4 is 34.3 Å². The van der Waals surface area contributed by atoms with Crippen molar-refractivity contribution in [3.05, 3.63) is 36.0 Å². The van der Waals surface area contributed by atoms with Crippen LogP contribution in [0.4, 0.5) is 5.82 Å². The highest BCUT2D eigenvalue weighted by atomic mass is 16.2. The molecule has 3 amide bonds. The number of anilines is 1. The summed E-state index contributed by atoms with van der Waals surface area (Å²) in [6, 6.07) is 6.54. The minimum atomic E-state index is -0.596. The van der Waals surface area contributed by atoms with Crippen LogP contribution in [0.5, 0.6) is 0 Å². The molecule has 0 radical (unpaired) electrons. The number of benzene rings is 1. The highest BCUT2D eigenvalue weighted by molar-refractivity contribution is 5.93. The number of pyridine rings is 1. The van der Waals surface area contributed by atoms with Crippen molar-refractivity contribution in [3.63, 3.8) is 0 Å². The Kier molecular flexibility index (Phi) is 6.81. The molecule has 1 unspecified atom stereocenters. The van der Waals surface area contributed by atoms with Crippen LogP contribution >= 0.6 is 0 Å². The van der Waals surface area contributed by atoms with Crippen LogP contribution in [0.25, 0.3) is 10.8 Å². The summed E-state index contributed by atoms with van der Waals surface area (Å²) in [5.41, 5.74) is 12.5. The van der Waals surface area contributed by atoms with Gasteiger partial charge in [-0.15, -0.1) is 0 Å². The Bertz CT molecular complexity index is 1050. The zero-order valence-corrected chi connectivity index (χ0v) is 19.2. The van der Waals surface area contributed by atoms with Crippen LogP contribution in [-0.2, 0) is 20.9 Å². The summed E-state index contributed by atoms with van der Waals surface area (Å²) in [6.07, 6.45) is 8.02. The number of nitrogens with zero attached hydrogens (tertiary/aromatic N) is 3. The fourth-order valence-corrected chi connectivity index (χ4v) is 5.49. The lowest BCUT2D eigenvalue weighted by molar-refractivity contribution is -0.150. The molecule has 4 N–H and O–H groups in total. The molecular weight excluding hydrogens is 418 g/mol. The summed E-state index contributed by atoms with van der Waals surface area (Å²) >= 11 is 0. The highest BCUT2D eigenvalue weighted by Crippen LogP contribution is 2.33. The van der Waals surface area contributed by atoms with Crippen molar-refractivity contribution in [1.29, 1.82) is 0 Å². The molecule has 8 nitrogen and oxygen atoms in total. The monoisotopic (exact) mass is 451 g/mol. The highest BCUT2D eigenvalue weighted by Gasteiger charge is 2.42. The van der Waals surface area contributed by atoms with Gasteiger partial charge in [0.15, 0.2) is 0 Å². The third-order valence-corrected chi connectivity index (χ3v) is 7.17. The Balaban J connectivity index is 1.67. The molecule has 0 bridgehead atoms. The van der Waals surface area contributed by atoms with Crippen molar-refractivity contribution in [3.8, 4) is 0 Å². The van der Waals surface area contributed by atoms with Gasteiger partial charge in [0, 0.05) is 31.6 Å². The molecule has 2 atom stereocenters.